The van der Waals surface area contributed by atoms with E-state index in [0.717, 1.165) is 18.2 Å². The average Bonchev–Trinajstić information content (AvgIpc) is 2.03. The molecule has 0 amide bonds. The minimum atomic E-state index is -0.697. The van der Waals surface area contributed by atoms with Gasteiger partial charge < -0.3 is 0 Å². The van der Waals surface area contributed by atoms with Gasteiger partial charge in [0.1, 0.15) is 5.82 Å². The molecule has 0 atom stereocenters. The summed E-state index contributed by atoms with van der Waals surface area (Å²) in [5.74, 6) is 1.42. The molecule has 1 aromatic carbocycles. The Balaban J connectivity index is 3.26. The zero-order chi connectivity index (χ0) is 9.14. The van der Waals surface area contributed by atoms with E-state index in [9.17, 15) is 14.5 Å². The van der Waals surface area contributed by atoms with Crippen molar-refractivity contribution >= 4 is 5.69 Å². The molecular formula is C8H4FNO2. The van der Waals surface area contributed by atoms with Crippen LogP contribution in [0.25, 0.3) is 0 Å². The molecule has 3 nitrogen and oxygen atoms in total. The van der Waals surface area contributed by atoms with Crippen molar-refractivity contribution in [2.24, 2.45) is 0 Å². The summed E-state index contributed by atoms with van der Waals surface area (Å²) >= 11 is 0. The van der Waals surface area contributed by atoms with Crippen molar-refractivity contribution in [1.29, 1.82) is 0 Å². The molecule has 0 saturated carbocycles. The Bertz CT molecular complexity index is 368. The van der Waals surface area contributed by atoms with Gasteiger partial charge in [-0.1, -0.05) is 5.92 Å². The zero-order valence-electron chi connectivity index (χ0n) is 5.95. The van der Waals surface area contributed by atoms with Crippen molar-refractivity contribution in [2.45, 2.75) is 0 Å². The number of non-ortho nitro benzene ring substituents is 1. The average molecular weight is 165 g/mol. The fourth-order valence-corrected chi connectivity index (χ4v) is 0.763. The van der Waals surface area contributed by atoms with Crippen LogP contribution < -0.4 is 0 Å². The van der Waals surface area contributed by atoms with Crippen LogP contribution in [0.4, 0.5) is 10.1 Å². The predicted octanol–water partition coefficient (Wildman–Crippen LogP) is 1.72. The number of hydrogen-bond acceptors (Lipinski definition) is 2. The summed E-state index contributed by atoms with van der Waals surface area (Å²) in [6.07, 6.45) is 4.95. The van der Waals surface area contributed by atoms with Crippen LogP contribution in [-0.4, -0.2) is 4.92 Å². The molecule has 1 rings (SSSR count). The molecule has 60 valence electrons. The van der Waals surface area contributed by atoms with Gasteiger partial charge in [-0.2, -0.15) is 0 Å². The number of halogens is 1. The fourth-order valence-electron chi connectivity index (χ4n) is 0.763. The van der Waals surface area contributed by atoms with Gasteiger partial charge in [-0.05, 0) is 6.07 Å². The minimum Gasteiger partial charge on any atom is -0.258 e. The maximum absolute atomic E-state index is 12.6. The smallest absolute Gasteiger partial charge is 0.258 e. The van der Waals surface area contributed by atoms with Crippen LogP contribution in [0, 0.1) is 28.3 Å². The van der Waals surface area contributed by atoms with Gasteiger partial charge in [0.15, 0.2) is 0 Å². The lowest BCUT2D eigenvalue weighted by Crippen LogP contribution is -1.90. The van der Waals surface area contributed by atoms with Crippen LogP contribution >= 0.6 is 0 Å². The lowest BCUT2D eigenvalue weighted by Gasteiger charge is -1.92. The second-order valence-electron chi connectivity index (χ2n) is 2.10. The molecule has 0 heterocycles. The Labute approximate surface area is 68.0 Å². The van der Waals surface area contributed by atoms with Crippen LogP contribution in [0.5, 0.6) is 0 Å². The van der Waals surface area contributed by atoms with E-state index in [2.05, 4.69) is 5.92 Å². The van der Waals surface area contributed by atoms with Crippen LogP contribution in [0.3, 0.4) is 0 Å². The van der Waals surface area contributed by atoms with Crippen molar-refractivity contribution in [3.63, 3.8) is 0 Å². The topological polar surface area (TPSA) is 43.1 Å². The van der Waals surface area contributed by atoms with Gasteiger partial charge in [0.25, 0.3) is 5.69 Å². The quantitative estimate of drug-likeness (QED) is 0.361. The highest BCUT2D eigenvalue weighted by atomic mass is 19.1. The minimum absolute atomic E-state index is 0.168. The Morgan fingerprint density at radius 3 is 2.67 bits per heavy atom. The monoisotopic (exact) mass is 165 g/mol. The summed E-state index contributed by atoms with van der Waals surface area (Å²) in [5, 5.41) is 10.2. The first kappa shape index (κ1) is 8.21. The van der Waals surface area contributed by atoms with Gasteiger partial charge in [-0.3, -0.25) is 10.1 Å². The van der Waals surface area contributed by atoms with Gasteiger partial charge in [-0.15, -0.1) is 6.42 Å². The molecule has 12 heavy (non-hydrogen) atoms. The molecule has 0 radical (unpaired) electrons. The maximum atomic E-state index is 12.6. The van der Waals surface area contributed by atoms with Crippen LogP contribution in [0.2, 0.25) is 0 Å². The van der Waals surface area contributed by atoms with E-state index >= 15 is 0 Å². The second-order valence-corrected chi connectivity index (χ2v) is 2.10. The number of nitro benzene ring substituents is 1. The standard InChI is InChI=1S/C8H4FNO2/c1-2-6-3-7(9)5-8(4-6)10(11)12/h1,3-5H. The van der Waals surface area contributed by atoms with Gasteiger partial charge in [0.2, 0.25) is 0 Å². The molecule has 1 aromatic rings. The SMILES string of the molecule is C#Cc1cc(F)cc([N+](=O)[O-])c1. The maximum Gasteiger partial charge on any atom is 0.273 e. The van der Waals surface area contributed by atoms with Crippen molar-refractivity contribution < 1.29 is 9.31 Å². The Kier molecular flexibility index (Phi) is 2.06. The normalized spacial score (nSPS) is 9.00. The first-order valence-corrected chi connectivity index (χ1v) is 3.05. The molecule has 0 fully saturated rings. The van der Waals surface area contributed by atoms with Crippen LogP contribution in [-0.2, 0) is 0 Å². The summed E-state index contributed by atoms with van der Waals surface area (Å²) in [6.45, 7) is 0. The molecule has 0 saturated heterocycles. The third-order valence-corrected chi connectivity index (χ3v) is 1.26. The summed E-state index contributed by atoms with van der Waals surface area (Å²) in [5.41, 5.74) is -0.162. The first-order valence-electron chi connectivity index (χ1n) is 3.05. The van der Waals surface area contributed by atoms with Crippen molar-refractivity contribution in [2.75, 3.05) is 0 Å². The highest BCUT2D eigenvalue weighted by Crippen LogP contribution is 2.15. The van der Waals surface area contributed by atoms with E-state index in [4.69, 9.17) is 6.42 Å². The van der Waals surface area contributed by atoms with E-state index < -0.39 is 10.7 Å². The summed E-state index contributed by atoms with van der Waals surface area (Å²) < 4.78 is 12.6. The highest BCUT2D eigenvalue weighted by molar-refractivity contribution is 5.42. The molecule has 0 bridgehead atoms. The Morgan fingerprint density at radius 1 is 1.50 bits per heavy atom. The van der Waals surface area contributed by atoms with Crippen molar-refractivity contribution in [1.82, 2.24) is 0 Å². The number of hydrogen-bond donors (Lipinski definition) is 0. The van der Waals surface area contributed by atoms with Gasteiger partial charge in [0, 0.05) is 11.6 Å². The molecule has 0 spiro atoms. The van der Waals surface area contributed by atoms with Crippen LogP contribution in [0.15, 0.2) is 18.2 Å². The molecule has 0 aromatic heterocycles. The van der Waals surface area contributed by atoms with Gasteiger partial charge in [0.05, 0.1) is 11.0 Å². The summed E-state index contributed by atoms with van der Waals surface area (Å²) in [6, 6.07) is 3.02. The van der Waals surface area contributed by atoms with Crippen LogP contribution in [0.1, 0.15) is 5.56 Å². The molecule has 0 aliphatic heterocycles. The molecule has 0 aliphatic carbocycles. The third-order valence-electron chi connectivity index (χ3n) is 1.26. The highest BCUT2D eigenvalue weighted by Gasteiger charge is 2.07. The lowest BCUT2D eigenvalue weighted by atomic mass is 10.2. The van der Waals surface area contributed by atoms with Gasteiger partial charge >= 0.3 is 0 Å². The number of rotatable bonds is 1. The number of nitrogens with zero attached hydrogens (tertiary/aromatic N) is 1. The molecule has 0 aliphatic rings. The summed E-state index contributed by atoms with van der Waals surface area (Å²) in [7, 11) is 0. The molecule has 4 heteroatoms. The fraction of sp³-hybridized carbons (Fsp3) is 0. The number of terminal acetylenes is 1. The second kappa shape index (κ2) is 3.01. The van der Waals surface area contributed by atoms with E-state index in [1.165, 1.54) is 0 Å². The van der Waals surface area contributed by atoms with E-state index in [-0.39, 0.29) is 11.3 Å². The first-order chi connectivity index (χ1) is 5.63. The summed E-state index contributed by atoms with van der Waals surface area (Å²) in [4.78, 5) is 9.50. The predicted molar refractivity (Wildman–Crippen MR) is 41.0 cm³/mol. The molecule has 0 unspecified atom stereocenters. The Morgan fingerprint density at radius 2 is 2.17 bits per heavy atom. The zero-order valence-corrected chi connectivity index (χ0v) is 5.95. The van der Waals surface area contributed by atoms with Crippen molar-refractivity contribution in [3.05, 3.63) is 39.7 Å². The molecule has 0 N–H and O–H groups in total. The molecular weight excluding hydrogens is 161 g/mol. The number of benzene rings is 1. The van der Waals surface area contributed by atoms with E-state index in [1.54, 1.807) is 0 Å². The third kappa shape index (κ3) is 1.58. The van der Waals surface area contributed by atoms with E-state index in [1.807, 2.05) is 0 Å². The number of nitro groups is 1. The van der Waals surface area contributed by atoms with Gasteiger partial charge in [-0.25, -0.2) is 4.39 Å². The van der Waals surface area contributed by atoms with Crippen molar-refractivity contribution in [3.8, 4) is 12.3 Å². The Hall–Kier alpha value is -1.89. The largest absolute Gasteiger partial charge is 0.273 e. The van der Waals surface area contributed by atoms with E-state index in [0.29, 0.717) is 0 Å². The lowest BCUT2D eigenvalue weighted by molar-refractivity contribution is -0.385.